The zero-order chi connectivity index (χ0) is 24.3. The summed E-state index contributed by atoms with van der Waals surface area (Å²) < 4.78 is 2.02. The number of aryl methyl sites for hydroxylation is 1. The van der Waals surface area contributed by atoms with Gasteiger partial charge in [-0.1, -0.05) is 11.6 Å². The van der Waals surface area contributed by atoms with Crippen molar-refractivity contribution in [3.05, 3.63) is 52.2 Å². The molecule has 2 fully saturated rings. The van der Waals surface area contributed by atoms with Crippen LogP contribution in [0.4, 0.5) is 0 Å². The zero-order valence-corrected chi connectivity index (χ0v) is 20.3. The van der Waals surface area contributed by atoms with Crippen molar-refractivity contribution in [2.24, 2.45) is 7.05 Å². The van der Waals surface area contributed by atoms with Crippen LogP contribution < -0.4 is 5.32 Å². The van der Waals surface area contributed by atoms with Gasteiger partial charge in [-0.25, -0.2) is 4.98 Å². The van der Waals surface area contributed by atoms with Gasteiger partial charge in [0.2, 0.25) is 11.8 Å². The fraction of sp³-hybridized carbons (Fsp3) is 0.385. The van der Waals surface area contributed by atoms with Crippen LogP contribution in [0.1, 0.15) is 47.2 Å². The van der Waals surface area contributed by atoms with Crippen LogP contribution >= 0.6 is 11.6 Å². The van der Waals surface area contributed by atoms with Gasteiger partial charge in [-0.2, -0.15) is 0 Å². The molecule has 0 radical (unpaired) electrons. The van der Waals surface area contributed by atoms with Gasteiger partial charge in [-0.15, -0.1) is 0 Å². The molecule has 6 rings (SSSR count). The summed E-state index contributed by atoms with van der Waals surface area (Å²) in [5.74, 6) is -0.952. The van der Waals surface area contributed by atoms with Crippen molar-refractivity contribution in [1.29, 1.82) is 0 Å². The Morgan fingerprint density at radius 3 is 2.69 bits per heavy atom. The Kier molecular flexibility index (Phi) is 5.38. The van der Waals surface area contributed by atoms with Gasteiger partial charge in [-0.3, -0.25) is 24.6 Å². The minimum absolute atomic E-state index is 0.225. The van der Waals surface area contributed by atoms with Gasteiger partial charge in [0.05, 0.1) is 10.7 Å². The molecule has 1 N–H and O–H groups in total. The largest absolute Gasteiger partial charge is 0.336 e. The van der Waals surface area contributed by atoms with E-state index in [0.717, 1.165) is 47.5 Å². The highest BCUT2D eigenvalue weighted by atomic mass is 35.5. The summed E-state index contributed by atoms with van der Waals surface area (Å²) in [7, 11) is 1.99. The molecule has 9 heteroatoms. The molecule has 3 aliphatic heterocycles. The van der Waals surface area contributed by atoms with Crippen LogP contribution in [0.25, 0.3) is 22.3 Å². The summed E-state index contributed by atoms with van der Waals surface area (Å²) in [6.45, 7) is 3.37. The van der Waals surface area contributed by atoms with E-state index in [1.807, 2.05) is 23.9 Å². The average Bonchev–Trinajstić information content (AvgIpc) is 3.54. The Morgan fingerprint density at radius 1 is 1.11 bits per heavy atom. The Morgan fingerprint density at radius 2 is 1.91 bits per heavy atom. The highest BCUT2D eigenvalue weighted by Gasteiger charge is 2.39. The number of carbonyl (C=O) groups is 3. The standard InChI is InChI=1S/C26H26ClN5O3/c1-30-9-6-17-16(13-31-7-2-3-8-31)11-21(28-24(17)30)19-10-15-14-32(26(35)18(15)12-20(19)27)22-4-5-23(33)29-25(22)34/h6,9-12,22H,2-5,7-8,13-14H2,1H3,(H,29,33,34). The fourth-order valence-electron chi connectivity index (χ4n) is 5.54. The number of pyridine rings is 1. The SMILES string of the molecule is Cn1ccc2c(CN3CCCC3)cc(-c3cc4c(cc3Cl)C(=O)N(C3CCC(=O)NC3=O)C4)nc21. The lowest BCUT2D eigenvalue weighted by Crippen LogP contribution is -2.52. The van der Waals surface area contributed by atoms with Crippen molar-refractivity contribution in [1.82, 2.24) is 24.7 Å². The van der Waals surface area contributed by atoms with E-state index >= 15 is 0 Å². The van der Waals surface area contributed by atoms with Gasteiger partial charge in [0.25, 0.3) is 5.91 Å². The first-order chi connectivity index (χ1) is 16.9. The zero-order valence-electron chi connectivity index (χ0n) is 19.5. The summed E-state index contributed by atoms with van der Waals surface area (Å²) in [6.07, 6.45) is 5.03. The lowest BCUT2D eigenvalue weighted by atomic mass is 10.0. The number of amides is 3. The monoisotopic (exact) mass is 491 g/mol. The molecular formula is C26H26ClN5O3. The van der Waals surface area contributed by atoms with Crippen LogP contribution in [-0.4, -0.2) is 56.2 Å². The van der Waals surface area contributed by atoms with Gasteiger partial charge in [0.1, 0.15) is 11.7 Å². The molecule has 2 aromatic heterocycles. The molecule has 1 unspecified atom stereocenters. The minimum Gasteiger partial charge on any atom is -0.336 e. The minimum atomic E-state index is -0.653. The number of rotatable bonds is 4. The van der Waals surface area contributed by atoms with Gasteiger partial charge < -0.3 is 9.47 Å². The molecule has 0 bridgehead atoms. The molecule has 2 saturated heterocycles. The molecular weight excluding hydrogens is 466 g/mol. The number of benzene rings is 1. The van der Waals surface area contributed by atoms with Gasteiger partial charge in [0.15, 0.2) is 0 Å². The molecule has 180 valence electrons. The Bertz CT molecular complexity index is 1390. The van der Waals surface area contributed by atoms with Crippen molar-refractivity contribution in [2.75, 3.05) is 13.1 Å². The van der Waals surface area contributed by atoms with E-state index < -0.39 is 11.9 Å². The second-order valence-corrected chi connectivity index (χ2v) is 10.1. The van der Waals surface area contributed by atoms with Crippen molar-refractivity contribution in [3.63, 3.8) is 0 Å². The first-order valence-corrected chi connectivity index (χ1v) is 12.4. The number of hydrogen-bond donors (Lipinski definition) is 1. The topological polar surface area (TPSA) is 87.5 Å². The predicted molar refractivity (Wildman–Crippen MR) is 132 cm³/mol. The molecule has 1 atom stereocenters. The molecule has 3 aromatic rings. The van der Waals surface area contributed by atoms with Gasteiger partial charge >= 0.3 is 0 Å². The number of fused-ring (bicyclic) bond motifs is 2. The average molecular weight is 492 g/mol. The molecule has 8 nitrogen and oxygen atoms in total. The van der Waals surface area contributed by atoms with Crippen molar-refractivity contribution in [2.45, 2.75) is 44.8 Å². The van der Waals surface area contributed by atoms with E-state index in [1.54, 1.807) is 11.0 Å². The molecule has 5 heterocycles. The molecule has 0 aliphatic carbocycles. The fourth-order valence-corrected chi connectivity index (χ4v) is 5.80. The predicted octanol–water partition coefficient (Wildman–Crippen LogP) is 3.25. The quantitative estimate of drug-likeness (QED) is 0.566. The van der Waals surface area contributed by atoms with E-state index in [-0.39, 0.29) is 18.2 Å². The van der Waals surface area contributed by atoms with Gasteiger partial charge in [-0.05, 0) is 67.7 Å². The van der Waals surface area contributed by atoms with Crippen LogP contribution in [0.5, 0.6) is 0 Å². The third-order valence-electron chi connectivity index (χ3n) is 7.40. The van der Waals surface area contributed by atoms with Gasteiger partial charge in [0, 0.05) is 49.3 Å². The van der Waals surface area contributed by atoms with Crippen molar-refractivity contribution >= 4 is 40.4 Å². The maximum Gasteiger partial charge on any atom is 0.255 e. The second kappa shape index (κ2) is 8.46. The number of aromatic nitrogens is 2. The molecule has 35 heavy (non-hydrogen) atoms. The van der Waals surface area contributed by atoms with Crippen LogP contribution in [0.2, 0.25) is 5.02 Å². The van der Waals surface area contributed by atoms with Crippen LogP contribution in [-0.2, 0) is 29.7 Å². The highest BCUT2D eigenvalue weighted by Crippen LogP contribution is 2.37. The maximum atomic E-state index is 13.1. The highest BCUT2D eigenvalue weighted by molar-refractivity contribution is 6.33. The van der Waals surface area contributed by atoms with E-state index in [9.17, 15) is 14.4 Å². The molecule has 0 spiro atoms. The number of halogens is 1. The Labute approximate surface area is 207 Å². The van der Waals surface area contributed by atoms with E-state index in [2.05, 4.69) is 22.3 Å². The van der Waals surface area contributed by atoms with E-state index in [4.69, 9.17) is 16.6 Å². The third-order valence-corrected chi connectivity index (χ3v) is 7.72. The summed E-state index contributed by atoms with van der Waals surface area (Å²) in [6, 6.07) is 7.19. The van der Waals surface area contributed by atoms with Crippen molar-refractivity contribution in [3.8, 4) is 11.3 Å². The van der Waals surface area contributed by atoms with Crippen LogP contribution in [0, 0.1) is 0 Å². The van der Waals surface area contributed by atoms with E-state index in [0.29, 0.717) is 23.6 Å². The number of nitrogens with zero attached hydrogens (tertiary/aromatic N) is 4. The first-order valence-electron chi connectivity index (χ1n) is 12.0. The number of carbonyl (C=O) groups excluding carboxylic acids is 3. The van der Waals surface area contributed by atoms with Crippen LogP contribution in [0.3, 0.4) is 0 Å². The summed E-state index contributed by atoms with van der Waals surface area (Å²) >= 11 is 6.72. The maximum absolute atomic E-state index is 13.1. The number of nitrogens with one attached hydrogen (secondary N) is 1. The normalized spacial score (nSPS) is 20.7. The molecule has 3 aliphatic rings. The lowest BCUT2D eigenvalue weighted by molar-refractivity contribution is -0.136. The smallest absolute Gasteiger partial charge is 0.255 e. The lowest BCUT2D eigenvalue weighted by Gasteiger charge is -2.29. The second-order valence-electron chi connectivity index (χ2n) is 9.70. The Hall–Kier alpha value is -3.23. The summed E-state index contributed by atoms with van der Waals surface area (Å²) in [4.78, 5) is 46.0. The number of piperidine rings is 1. The number of hydrogen-bond acceptors (Lipinski definition) is 5. The summed E-state index contributed by atoms with van der Waals surface area (Å²) in [5.41, 5.74) is 4.97. The molecule has 3 amide bonds. The van der Waals surface area contributed by atoms with Crippen LogP contribution in [0.15, 0.2) is 30.5 Å². The number of imide groups is 1. The molecule has 0 saturated carbocycles. The van der Waals surface area contributed by atoms with E-state index in [1.165, 1.54) is 18.4 Å². The van der Waals surface area contributed by atoms with Crippen molar-refractivity contribution < 1.29 is 14.4 Å². The summed E-state index contributed by atoms with van der Waals surface area (Å²) in [5, 5.41) is 3.94. The number of likely N-dealkylation sites (tertiary alicyclic amines) is 1. The Balaban J connectivity index is 1.37. The first kappa shape index (κ1) is 22.2. The third kappa shape index (κ3) is 3.81. The molecule has 1 aromatic carbocycles.